The Morgan fingerprint density at radius 3 is 2.35 bits per heavy atom. The number of nitrogens with zero attached hydrogens (tertiary/aromatic N) is 3. The Hall–Kier alpha value is -4.15. The maximum atomic E-state index is 13.2. The summed E-state index contributed by atoms with van der Waals surface area (Å²) in [7, 11) is -3.84. The van der Waals surface area contributed by atoms with Gasteiger partial charge >= 0.3 is 12.5 Å². The largest absolute Gasteiger partial charge is 0.573 e. The Kier molecular flexibility index (Phi) is 10.3. The maximum absolute atomic E-state index is 13.2. The standard InChI is InChI=1S/C33H39F3N4O8S/c1-22-20-26(45-25-10-15-39(16-11-25)48-30(42)47-31(2,3)4)9-8-23(22)12-19-49(43,44)40-17-13-32(14-18-40)29(41)37-28(38-32)24-6-5-7-27(21-24)46-33(34,35)36/h5-9,12,19-21,25H,10-11,13-18H2,1-4H3,(H,37,38,41)/b19-12+. The van der Waals surface area contributed by atoms with E-state index >= 15 is 0 Å². The number of sulfonamides is 1. The Balaban J connectivity index is 1.14. The first-order valence-electron chi connectivity index (χ1n) is 15.8. The van der Waals surface area contributed by atoms with Gasteiger partial charge in [-0.05, 0) is 82.0 Å². The van der Waals surface area contributed by atoms with E-state index in [9.17, 15) is 31.2 Å². The Morgan fingerprint density at radius 2 is 1.71 bits per heavy atom. The summed E-state index contributed by atoms with van der Waals surface area (Å²) < 4.78 is 81.0. The van der Waals surface area contributed by atoms with Crippen LogP contribution in [-0.4, -0.2) is 85.5 Å². The molecule has 0 radical (unpaired) electrons. The number of carbonyl (C=O) groups excluding carboxylic acids is 2. The summed E-state index contributed by atoms with van der Waals surface area (Å²) in [6, 6.07) is 10.5. The molecule has 3 heterocycles. The van der Waals surface area contributed by atoms with Crippen LogP contribution in [0.25, 0.3) is 6.08 Å². The van der Waals surface area contributed by atoms with Crippen molar-refractivity contribution in [1.82, 2.24) is 14.7 Å². The van der Waals surface area contributed by atoms with E-state index in [1.54, 1.807) is 38.0 Å². The fraction of sp³-hybridized carbons (Fsp3) is 0.485. The second-order valence-electron chi connectivity index (χ2n) is 13.1. The Bertz CT molecular complexity index is 1720. The number of amides is 1. The molecule has 0 saturated carbocycles. The number of aliphatic imine (C=N–C) groups is 1. The average Bonchev–Trinajstić information content (AvgIpc) is 3.31. The van der Waals surface area contributed by atoms with Gasteiger partial charge in [0.25, 0.3) is 5.91 Å². The van der Waals surface area contributed by atoms with E-state index in [0.717, 1.165) is 23.1 Å². The molecule has 2 fully saturated rings. The van der Waals surface area contributed by atoms with Crippen molar-refractivity contribution < 1.29 is 50.2 Å². The van der Waals surface area contributed by atoms with Crippen LogP contribution in [0.3, 0.4) is 0 Å². The van der Waals surface area contributed by atoms with E-state index in [0.29, 0.717) is 37.2 Å². The summed E-state index contributed by atoms with van der Waals surface area (Å²) in [4.78, 5) is 34.6. The van der Waals surface area contributed by atoms with Crippen molar-refractivity contribution in [3.63, 3.8) is 0 Å². The highest BCUT2D eigenvalue weighted by Crippen LogP contribution is 2.33. The number of ether oxygens (including phenoxy) is 3. The van der Waals surface area contributed by atoms with Gasteiger partial charge in [-0.2, -0.15) is 4.31 Å². The number of aryl methyl sites for hydroxylation is 1. The number of carbonyl (C=O) groups is 2. The molecular formula is C33H39F3N4O8S. The minimum absolute atomic E-state index is 0.0293. The number of halogens is 3. The predicted octanol–water partition coefficient (Wildman–Crippen LogP) is 5.32. The number of benzene rings is 2. The van der Waals surface area contributed by atoms with Crippen LogP contribution in [0, 0.1) is 6.92 Å². The summed E-state index contributed by atoms with van der Waals surface area (Å²) in [5, 5.41) is 5.32. The van der Waals surface area contributed by atoms with Crippen LogP contribution in [0.2, 0.25) is 0 Å². The zero-order valence-electron chi connectivity index (χ0n) is 27.6. The number of hydrogen-bond acceptors (Lipinski definition) is 10. The highest BCUT2D eigenvalue weighted by atomic mass is 32.2. The third-order valence-electron chi connectivity index (χ3n) is 8.19. The number of nitrogens with one attached hydrogen (secondary N) is 1. The van der Waals surface area contributed by atoms with E-state index in [2.05, 4.69) is 15.0 Å². The highest BCUT2D eigenvalue weighted by Gasteiger charge is 2.47. The van der Waals surface area contributed by atoms with Gasteiger partial charge in [-0.1, -0.05) is 18.2 Å². The van der Waals surface area contributed by atoms with Crippen LogP contribution in [-0.2, 0) is 24.4 Å². The van der Waals surface area contributed by atoms with Crippen LogP contribution >= 0.6 is 0 Å². The molecule has 0 aliphatic carbocycles. The van der Waals surface area contributed by atoms with Crippen molar-refractivity contribution in [2.24, 2.45) is 4.99 Å². The minimum Gasteiger partial charge on any atom is -0.490 e. The molecule has 1 N–H and O–H groups in total. The summed E-state index contributed by atoms with van der Waals surface area (Å²) in [5.41, 5.74) is -0.129. The monoisotopic (exact) mass is 708 g/mol. The van der Waals surface area contributed by atoms with Crippen LogP contribution in [0.4, 0.5) is 18.0 Å². The van der Waals surface area contributed by atoms with Gasteiger partial charge in [0.15, 0.2) is 0 Å². The van der Waals surface area contributed by atoms with Crippen molar-refractivity contribution in [2.75, 3.05) is 26.2 Å². The lowest BCUT2D eigenvalue weighted by molar-refractivity contribution is -0.274. The second kappa shape index (κ2) is 14.0. The van der Waals surface area contributed by atoms with Gasteiger partial charge in [-0.15, -0.1) is 18.2 Å². The molecule has 12 nitrogen and oxygen atoms in total. The van der Waals surface area contributed by atoms with Crippen molar-refractivity contribution in [1.29, 1.82) is 0 Å². The zero-order valence-corrected chi connectivity index (χ0v) is 28.4. The first-order chi connectivity index (χ1) is 22.9. The summed E-state index contributed by atoms with van der Waals surface area (Å²) in [6.45, 7) is 8.18. The molecule has 2 saturated heterocycles. The first-order valence-corrected chi connectivity index (χ1v) is 17.3. The number of alkyl halides is 3. The fourth-order valence-electron chi connectivity index (χ4n) is 5.70. The van der Waals surface area contributed by atoms with Crippen molar-refractivity contribution in [3.05, 3.63) is 64.6 Å². The summed E-state index contributed by atoms with van der Waals surface area (Å²) >= 11 is 0. The molecule has 49 heavy (non-hydrogen) atoms. The van der Waals surface area contributed by atoms with E-state index in [-0.39, 0.29) is 43.4 Å². The maximum Gasteiger partial charge on any atom is 0.573 e. The van der Waals surface area contributed by atoms with Crippen molar-refractivity contribution >= 4 is 34.0 Å². The second-order valence-corrected chi connectivity index (χ2v) is 14.9. The predicted molar refractivity (Wildman–Crippen MR) is 173 cm³/mol. The molecule has 5 rings (SSSR count). The number of hydrogen-bond donors (Lipinski definition) is 1. The smallest absolute Gasteiger partial charge is 0.490 e. The van der Waals surface area contributed by atoms with Gasteiger partial charge < -0.3 is 24.4 Å². The lowest BCUT2D eigenvalue weighted by Crippen LogP contribution is -2.50. The molecule has 3 aliphatic heterocycles. The van der Waals surface area contributed by atoms with E-state index in [1.807, 2.05) is 13.0 Å². The molecule has 3 aliphatic rings. The minimum atomic E-state index is -4.87. The third-order valence-corrected chi connectivity index (χ3v) is 9.75. The lowest BCUT2D eigenvalue weighted by atomic mass is 9.89. The van der Waals surface area contributed by atoms with E-state index < -0.39 is 45.3 Å². The van der Waals surface area contributed by atoms with Gasteiger partial charge in [0, 0.05) is 50.0 Å². The first kappa shape index (κ1) is 36.1. The van der Waals surface area contributed by atoms with E-state index in [4.69, 9.17) is 14.3 Å². The molecule has 0 aromatic heterocycles. The van der Waals surface area contributed by atoms with Gasteiger partial charge in [0.05, 0.1) is 0 Å². The summed E-state index contributed by atoms with van der Waals surface area (Å²) in [5.74, 6) is -0.137. The van der Waals surface area contributed by atoms with Gasteiger partial charge in [0.1, 0.15) is 34.6 Å². The highest BCUT2D eigenvalue weighted by molar-refractivity contribution is 7.92. The van der Waals surface area contributed by atoms with Gasteiger partial charge in [0.2, 0.25) is 10.0 Å². The molecule has 2 aromatic rings. The number of piperidine rings is 2. The third kappa shape index (κ3) is 9.51. The van der Waals surface area contributed by atoms with Crippen molar-refractivity contribution in [3.8, 4) is 11.5 Å². The zero-order chi connectivity index (χ0) is 35.6. The normalized spacial score (nSPS) is 19.5. The fourth-order valence-corrected chi connectivity index (χ4v) is 6.89. The van der Waals surface area contributed by atoms with Crippen molar-refractivity contribution in [2.45, 2.75) is 77.0 Å². The number of rotatable bonds is 8. The average molecular weight is 709 g/mol. The molecule has 0 bridgehead atoms. The van der Waals surface area contributed by atoms with Gasteiger partial charge in [-0.25, -0.2) is 13.2 Å². The van der Waals surface area contributed by atoms with Crippen LogP contribution < -0.4 is 14.8 Å². The Labute approximate surface area is 282 Å². The lowest BCUT2D eigenvalue weighted by Gasteiger charge is -2.34. The molecule has 1 amide bonds. The molecular weight excluding hydrogens is 669 g/mol. The molecule has 0 unspecified atom stereocenters. The molecule has 266 valence electrons. The Morgan fingerprint density at radius 1 is 1.02 bits per heavy atom. The summed E-state index contributed by atoms with van der Waals surface area (Å²) in [6.07, 6.45) is -2.71. The molecule has 2 aromatic carbocycles. The quantitative estimate of drug-likeness (QED) is 0.362. The number of amidine groups is 1. The van der Waals surface area contributed by atoms with Crippen LogP contribution in [0.1, 0.15) is 63.1 Å². The SMILES string of the molecule is Cc1cc(OC2CCN(OC(=O)OC(C)(C)C)CC2)ccc1/C=C/S(=O)(=O)N1CCC2(CC1)N=C(c1cccc(OC(F)(F)F)c1)NC2=O. The van der Waals surface area contributed by atoms with E-state index in [1.165, 1.54) is 22.5 Å². The number of hydroxylamine groups is 2. The molecule has 16 heteroatoms. The molecule has 1 spiro atoms. The van der Waals surface area contributed by atoms with Gasteiger partial charge in [-0.3, -0.25) is 9.79 Å². The van der Waals surface area contributed by atoms with Crippen LogP contribution in [0.5, 0.6) is 11.5 Å². The topological polar surface area (TPSA) is 136 Å². The van der Waals surface area contributed by atoms with Crippen LogP contribution in [0.15, 0.2) is 52.9 Å². The molecule has 0 atom stereocenters.